The molecule has 0 amide bonds. The fraction of sp³-hybridized carbons (Fsp3) is 0.375. The number of ether oxygens (including phenoxy) is 1. The molecule has 0 unspecified atom stereocenters. The number of benzene rings is 2. The number of rotatable bonds is 5. The Morgan fingerprint density at radius 2 is 2.06 bits per heavy atom. The van der Waals surface area contributed by atoms with Gasteiger partial charge in [-0.3, -0.25) is 0 Å². The van der Waals surface area contributed by atoms with Crippen molar-refractivity contribution >= 4 is 52.1 Å². The van der Waals surface area contributed by atoms with Gasteiger partial charge in [0.2, 0.25) is 0 Å². The first-order valence-corrected chi connectivity index (χ1v) is 11.1. The number of methoxy groups -OCH3 is 1. The summed E-state index contributed by atoms with van der Waals surface area (Å²) in [6, 6.07) is 11.3. The van der Waals surface area contributed by atoms with Crippen LogP contribution in [0.1, 0.15) is 24.8 Å². The molecule has 1 saturated heterocycles. The lowest BCUT2D eigenvalue weighted by Crippen LogP contribution is -2.43. The van der Waals surface area contributed by atoms with Crippen molar-refractivity contribution < 1.29 is 9.84 Å². The van der Waals surface area contributed by atoms with Crippen molar-refractivity contribution in [2.45, 2.75) is 31.9 Å². The molecule has 3 aromatic rings. The minimum Gasteiger partial charge on any atom is -0.495 e. The first-order valence-electron chi connectivity index (χ1n) is 10.7. The van der Waals surface area contributed by atoms with Crippen LogP contribution in [0.15, 0.2) is 36.4 Å². The quantitative estimate of drug-likeness (QED) is 0.482. The monoisotopic (exact) mass is 485 g/mol. The zero-order valence-electron chi connectivity index (χ0n) is 18.2. The zero-order valence-corrected chi connectivity index (χ0v) is 19.8. The Bertz CT molecular complexity index is 1220. The Morgan fingerprint density at radius 3 is 2.76 bits per heavy atom. The smallest absolute Gasteiger partial charge is 0.188 e. The fourth-order valence-electron chi connectivity index (χ4n) is 4.96. The highest BCUT2D eigenvalue weighted by Crippen LogP contribution is 2.49. The molecule has 0 bridgehead atoms. The van der Waals surface area contributed by atoms with Crippen LogP contribution in [0.2, 0.25) is 5.02 Å². The molecule has 2 fully saturated rings. The van der Waals surface area contributed by atoms with Crippen LogP contribution in [0.4, 0.5) is 17.3 Å². The molecule has 1 saturated carbocycles. The molecule has 2 aromatic carbocycles. The average Bonchev–Trinajstić information content (AvgIpc) is 3.22. The Labute approximate surface area is 203 Å². The molecule has 1 spiro atoms. The molecule has 1 aliphatic carbocycles. The van der Waals surface area contributed by atoms with Gasteiger partial charge in [-0.2, -0.15) is 0 Å². The van der Waals surface area contributed by atoms with Gasteiger partial charge in [-0.15, -0.1) is 22.6 Å². The van der Waals surface area contributed by atoms with E-state index in [2.05, 4.69) is 25.3 Å². The standard InChI is InChI=1S/C24H24ClN5O2.ClH/c1-26-16-4-5-18-19(10-16)22(27-13-15-3-6-21(32-2)20(25)9-15)28-29-23(18)30-8-7-24(14-30)11-17(31)12-24;/h3-6,9-10,17,31H,7-8,11-14H2,2H3,(H,27,28);1H. The van der Waals surface area contributed by atoms with Crippen molar-refractivity contribution in [3.05, 3.63) is 58.4 Å². The van der Waals surface area contributed by atoms with Gasteiger partial charge in [-0.25, -0.2) is 4.85 Å². The summed E-state index contributed by atoms with van der Waals surface area (Å²) in [4.78, 5) is 5.86. The van der Waals surface area contributed by atoms with Crippen LogP contribution in [0.5, 0.6) is 5.75 Å². The summed E-state index contributed by atoms with van der Waals surface area (Å²) >= 11 is 6.25. The molecule has 33 heavy (non-hydrogen) atoms. The van der Waals surface area contributed by atoms with Crippen LogP contribution < -0.4 is 15.0 Å². The average molecular weight is 486 g/mol. The Balaban J connectivity index is 0.00000259. The van der Waals surface area contributed by atoms with Crippen LogP contribution in [0.25, 0.3) is 15.6 Å². The maximum Gasteiger partial charge on any atom is 0.188 e. The molecule has 7 nitrogen and oxygen atoms in total. The lowest BCUT2D eigenvalue weighted by atomic mass is 9.66. The number of fused-ring (bicyclic) bond motifs is 1. The summed E-state index contributed by atoms with van der Waals surface area (Å²) in [5.41, 5.74) is 1.75. The predicted octanol–water partition coefficient (Wildman–Crippen LogP) is 5.23. The number of hydrogen-bond acceptors (Lipinski definition) is 6. The van der Waals surface area contributed by atoms with Gasteiger partial charge in [-0.05, 0) is 48.4 Å². The number of aromatic nitrogens is 2. The van der Waals surface area contributed by atoms with E-state index in [4.69, 9.17) is 22.9 Å². The second-order valence-corrected chi connectivity index (χ2v) is 9.18. The molecular weight excluding hydrogens is 461 g/mol. The van der Waals surface area contributed by atoms with E-state index in [9.17, 15) is 5.11 Å². The van der Waals surface area contributed by atoms with E-state index >= 15 is 0 Å². The van der Waals surface area contributed by atoms with E-state index in [0.717, 1.165) is 54.5 Å². The second kappa shape index (κ2) is 9.22. The topological polar surface area (TPSA) is 74.9 Å². The van der Waals surface area contributed by atoms with Gasteiger partial charge in [-0.1, -0.05) is 29.8 Å². The van der Waals surface area contributed by atoms with Crippen LogP contribution in [0.3, 0.4) is 0 Å². The zero-order chi connectivity index (χ0) is 22.3. The maximum atomic E-state index is 9.80. The summed E-state index contributed by atoms with van der Waals surface area (Å²) < 4.78 is 5.22. The number of halogens is 2. The third kappa shape index (κ3) is 4.39. The van der Waals surface area contributed by atoms with Crippen molar-refractivity contribution in [3.63, 3.8) is 0 Å². The molecule has 2 heterocycles. The van der Waals surface area contributed by atoms with Gasteiger partial charge in [0.05, 0.1) is 24.8 Å². The van der Waals surface area contributed by atoms with Gasteiger partial charge in [0.15, 0.2) is 17.3 Å². The Hall–Kier alpha value is -2.79. The lowest BCUT2D eigenvalue weighted by molar-refractivity contribution is -0.0179. The van der Waals surface area contributed by atoms with Gasteiger partial charge >= 0.3 is 0 Å². The normalized spacial score (nSPS) is 21.4. The van der Waals surface area contributed by atoms with Gasteiger partial charge < -0.3 is 20.1 Å². The highest BCUT2D eigenvalue weighted by molar-refractivity contribution is 6.32. The summed E-state index contributed by atoms with van der Waals surface area (Å²) in [5, 5.41) is 24.6. The third-order valence-electron chi connectivity index (χ3n) is 6.62. The first-order chi connectivity index (χ1) is 15.5. The summed E-state index contributed by atoms with van der Waals surface area (Å²) in [5.74, 6) is 2.11. The number of aliphatic hydroxyl groups excluding tert-OH is 1. The largest absolute Gasteiger partial charge is 0.495 e. The summed E-state index contributed by atoms with van der Waals surface area (Å²) in [6.07, 6.45) is 2.62. The second-order valence-electron chi connectivity index (χ2n) is 8.77. The van der Waals surface area contributed by atoms with Crippen molar-refractivity contribution in [3.8, 4) is 5.75 Å². The van der Waals surface area contributed by atoms with Crippen molar-refractivity contribution in [2.75, 3.05) is 30.4 Å². The van der Waals surface area contributed by atoms with Crippen LogP contribution >= 0.6 is 24.0 Å². The number of hydrogen-bond donors (Lipinski definition) is 2. The van der Waals surface area contributed by atoms with Crippen LogP contribution in [-0.2, 0) is 6.54 Å². The van der Waals surface area contributed by atoms with Gasteiger partial charge in [0.1, 0.15) is 5.75 Å². The van der Waals surface area contributed by atoms with E-state index in [1.807, 2.05) is 36.4 Å². The number of nitrogens with one attached hydrogen (secondary N) is 1. The van der Waals surface area contributed by atoms with Crippen LogP contribution in [-0.4, -0.2) is 41.6 Å². The lowest BCUT2D eigenvalue weighted by Gasteiger charge is -2.42. The predicted molar refractivity (Wildman–Crippen MR) is 133 cm³/mol. The fourth-order valence-corrected chi connectivity index (χ4v) is 5.24. The Morgan fingerprint density at radius 1 is 1.24 bits per heavy atom. The third-order valence-corrected chi connectivity index (χ3v) is 6.92. The van der Waals surface area contributed by atoms with Crippen LogP contribution in [0, 0.1) is 12.0 Å². The molecule has 1 aromatic heterocycles. The molecule has 1 aliphatic heterocycles. The number of nitrogens with zero attached hydrogens (tertiary/aromatic N) is 4. The van der Waals surface area contributed by atoms with E-state index < -0.39 is 0 Å². The molecular formula is C24H25Cl2N5O2. The number of aliphatic hydroxyl groups is 1. The van der Waals surface area contributed by atoms with Gasteiger partial charge in [0, 0.05) is 30.4 Å². The molecule has 2 aliphatic rings. The molecule has 2 N–H and O–H groups in total. The highest BCUT2D eigenvalue weighted by Gasteiger charge is 2.48. The Kier molecular flexibility index (Phi) is 6.53. The summed E-state index contributed by atoms with van der Waals surface area (Å²) in [7, 11) is 1.59. The van der Waals surface area contributed by atoms with E-state index in [1.54, 1.807) is 7.11 Å². The maximum absolute atomic E-state index is 9.80. The summed E-state index contributed by atoms with van der Waals surface area (Å²) in [6.45, 7) is 9.72. The first kappa shape index (κ1) is 23.4. The molecule has 0 atom stereocenters. The van der Waals surface area contributed by atoms with Crippen molar-refractivity contribution in [1.82, 2.24) is 10.2 Å². The van der Waals surface area contributed by atoms with Crippen molar-refractivity contribution in [2.24, 2.45) is 5.41 Å². The molecule has 9 heteroatoms. The van der Waals surface area contributed by atoms with E-state index in [1.165, 1.54) is 0 Å². The molecule has 0 radical (unpaired) electrons. The van der Waals surface area contributed by atoms with Gasteiger partial charge in [0.25, 0.3) is 0 Å². The van der Waals surface area contributed by atoms with Crippen molar-refractivity contribution in [1.29, 1.82) is 0 Å². The van der Waals surface area contributed by atoms with E-state index in [0.29, 0.717) is 28.8 Å². The minimum absolute atomic E-state index is 0. The number of anilines is 2. The molecule has 172 valence electrons. The SMILES string of the molecule is Cl.[C-]#[N+]c1ccc2c(N3CCC4(CC(O)C4)C3)nnc(NCc3ccc(OC)c(Cl)c3)c2c1. The van der Waals surface area contributed by atoms with E-state index in [-0.39, 0.29) is 23.9 Å². The molecule has 5 rings (SSSR count). The highest BCUT2D eigenvalue weighted by atomic mass is 35.5. The minimum atomic E-state index is -0.169.